The van der Waals surface area contributed by atoms with Crippen LogP contribution < -0.4 is 24.3 Å². The third-order valence-corrected chi connectivity index (χ3v) is 5.29. The number of hydrogen-bond acceptors (Lipinski definition) is 5. The van der Waals surface area contributed by atoms with Gasteiger partial charge in [-0.3, -0.25) is 4.79 Å². The maximum Gasteiger partial charge on any atom is 0.248 e. The van der Waals surface area contributed by atoms with Crippen LogP contribution >= 0.6 is 11.6 Å². The lowest BCUT2D eigenvalue weighted by Gasteiger charge is -2.13. The molecule has 0 spiro atoms. The van der Waals surface area contributed by atoms with E-state index >= 15 is 0 Å². The molecule has 0 aliphatic heterocycles. The van der Waals surface area contributed by atoms with Gasteiger partial charge in [0.1, 0.15) is 18.1 Å². The van der Waals surface area contributed by atoms with Crippen molar-refractivity contribution in [2.24, 2.45) is 0 Å². The summed E-state index contributed by atoms with van der Waals surface area (Å²) < 4.78 is 21.9. The first-order chi connectivity index (χ1) is 15.9. The summed E-state index contributed by atoms with van der Waals surface area (Å²) >= 11 is 6.11. The fourth-order valence-corrected chi connectivity index (χ4v) is 3.37. The second-order valence-electron chi connectivity index (χ2n) is 7.14. The Kier molecular flexibility index (Phi) is 8.22. The van der Waals surface area contributed by atoms with Crippen LogP contribution in [-0.4, -0.2) is 27.2 Å². The lowest BCUT2D eigenvalue weighted by molar-refractivity contribution is -0.111. The Morgan fingerprint density at radius 1 is 0.909 bits per heavy atom. The van der Waals surface area contributed by atoms with Crippen LogP contribution in [-0.2, 0) is 11.4 Å². The smallest absolute Gasteiger partial charge is 0.248 e. The van der Waals surface area contributed by atoms with Crippen molar-refractivity contribution in [1.29, 1.82) is 0 Å². The minimum atomic E-state index is -0.337. The Morgan fingerprint density at radius 3 is 2.33 bits per heavy atom. The highest BCUT2D eigenvalue weighted by Gasteiger charge is 2.12. The number of carbonyl (C=O) groups is 1. The van der Waals surface area contributed by atoms with Crippen molar-refractivity contribution in [3.63, 3.8) is 0 Å². The number of ether oxygens (including phenoxy) is 4. The summed E-state index contributed by atoms with van der Waals surface area (Å²) in [5.74, 6) is 1.73. The molecule has 1 N–H and O–H groups in total. The fourth-order valence-electron chi connectivity index (χ4n) is 3.14. The van der Waals surface area contributed by atoms with Gasteiger partial charge in [-0.25, -0.2) is 0 Å². The van der Waals surface area contributed by atoms with E-state index in [-0.39, 0.29) is 5.91 Å². The van der Waals surface area contributed by atoms with Gasteiger partial charge in [0.15, 0.2) is 11.5 Å². The van der Waals surface area contributed by atoms with Crippen LogP contribution in [0.3, 0.4) is 0 Å². The zero-order chi connectivity index (χ0) is 23.8. The molecular formula is C26H26ClNO5. The van der Waals surface area contributed by atoms with E-state index in [1.807, 2.05) is 49.4 Å². The zero-order valence-corrected chi connectivity index (χ0v) is 19.7. The number of rotatable bonds is 9. The van der Waals surface area contributed by atoms with Gasteiger partial charge in [0.05, 0.1) is 32.0 Å². The molecule has 3 aromatic rings. The number of halogens is 1. The molecule has 0 aliphatic rings. The largest absolute Gasteiger partial charge is 0.495 e. The average molecular weight is 468 g/mol. The maximum absolute atomic E-state index is 12.5. The predicted molar refractivity (Wildman–Crippen MR) is 131 cm³/mol. The van der Waals surface area contributed by atoms with E-state index in [4.69, 9.17) is 30.5 Å². The van der Waals surface area contributed by atoms with E-state index in [0.717, 1.165) is 16.7 Å². The third kappa shape index (κ3) is 6.20. The highest BCUT2D eigenvalue weighted by atomic mass is 35.5. The first-order valence-corrected chi connectivity index (χ1v) is 10.6. The quantitative estimate of drug-likeness (QED) is 0.396. The topological polar surface area (TPSA) is 66.0 Å². The van der Waals surface area contributed by atoms with Gasteiger partial charge in [-0.1, -0.05) is 41.9 Å². The molecule has 0 saturated heterocycles. The number of benzene rings is 3. The highest BCUT2D eigenvalue weighted by molar-refractivity contribution is 6.32. The number of hydrogen-bond donors (Lipinski definition) is 1. The average Bonchev–Trinajstić information content (AvgIpc) is 2.83. The van der Waals surface area contributed by atoms with Gasteiger partial charge in [-0.2, -0.15) is 0 Å². The van der Waals surface area contributed by atoms with Crippen molar-refractivity contribution >= 4 is 29.3 Å². The number of anilines is 1. The van der Waals surface area contributed by atoms with Crippen LogP contribution in [0.15, 0.2) is 60.7 Å². The molecule has 0 heterocycles. The van der Waals surface area contributed by atoms with Gasteiger partial charge in [-0.15, -0.1) is 0 Å². The first-order valence-electron chi connectivity index (χ1n) is 10.2. The number of carbonyl (C=O) groups excluding carboxylic acids is 1. The monoisotopic (exact) mass is 467 g/mol. The molecule has 0 atom stereocenters. The Labute approximate surface area is 198 Å². The fraction of sp³-hybridized carbons (Fsp3) is 0.192. The highest BCUT2D eigenvalue weighted by Crippen LogP contribution is 2.36. The predicted octanol–water partition coefficient (Wildman–Crippen LogP) is 5.91. The Bertz CT molecular complexity index is 1160. The van der Waals surface area contributed by atoms with Crippen LogP contribution in [0.25, 0.3) is 6.08 Å². The molecule has 0 radical (unpaired) electrons. The van der Waals surface area contributed by atoms with E-state index in [1.165, 1.54) is 20.3 Å². The van der Waals surface area contributed by atoms with Gasteiger partial charge in [0.25, 0.3) is 0 Å². The standard InChI is InChI=1S/C26H26ClNO5/c1-17-7-5-6-8-19(17)16-33-22-11-9-18(13-25(22)32-4)10-12-26(29)28-21-15-23(30-2)20(27)14-24(21)31-3/h5-15H,16H2,1-4H3,(H,28,29). The lowest BCUT2D eigenvalue weighted by atomic mass is 10.1. The van der Waals surface area contributed by atoms with Crippen LogP contribution in [0.2, 0.25) is 5.02 Å². The number of methoxy groups -OCH3 is 3. The van der Waals surface area contributed by atoms with Crippen molar-refractivity contribution in [3.05, 3.63) is 82.4 Å². The molecule has 3 rings (SSSR count). The third-order valence-electron chi connectivity index (χ3n) is 4.99. The van der Waals surface area contributed by atoms with E-state index in [9.17, 15) is 4.79 Å². The Balaban J connectivity index is 1.70. The number of aryl methyl sites for hydroxylation is 1. The van der Waals surface area contributed by atoms with Crippen molar-refractivity contribution in [2.75, 3.05) is 26.6 Å². The Hall–Kier alpha value is -3.64. The molecule has 6 nitrogen and oxygen atoms in total. The summed E-state index contributed by atoms with van der Waals surface area (Å²) in [7, 11) is 4.58. The molecule has 0 unspecified atom stereocenters. The molecule has 0 aliphatic carbocycles. The number of amides is 1. The van der Waals surface area contributed by atoms with Crippen LogP contribution in [0.1, 0.15) is 16.7 Å². The molecule has 33 heavy (non-hydrogen) atoms. The zero-order valence-electron chi connectivity index (χ0n) is 19.0. The molecule has 0 fully saturated rings. The molecule has 0 aromatic heterocycles. The van der Waals surface area contributed by atoms with Gasteiger partial charge in [0.2, 0.25) is 5.91 Å². The van der Waals surface area contributed by atoms with Crippen molar-refractivity contribution in [3.8, 4) is 23.0 Å². The lowest BCUT2D eigenvalue weighted by Crippen LogP contribution is -2.09. The van der Waals surface area contributed by atoms with Crippen LogP contribution in [0.4, 0.5) is 5.69 Å². The maximum atomic E-state index is 12.5. The van der Waals surface area contributed by atoms with Crippen molar-refractivity contribution in [1.82, 2.24) is 0 Å². The van der Waals surface area contributed by atoms with Gasteiger partial charge < -0.3 is 24.3 Å². The molecular weight excluding hydrogens is 442 g/mol. The minimum absolute atomic E-state index is 0.337. The number of nitrogens with one attached hydrogen (secondary N) is 1. The summed E-state index contributed by atoms with van der Waals surface area (Å²) in [6.07, 6.45) is 3.10. The molecule has 0 bridgehead atoms. The summed E-state index contributed by atoms with van der Waals surface area (Å²) in [4.78, 5) is 12.5. The summed E-state index contributed by atoms with van der Waals surface area (Å²) in [5.41, 5.74) is 3.50. The normalized spacial score (nSPS) is 10.7. The summed E-state index contributed by atoms with van der Waals surface area (Å²) in [6.45, 7) is 2.48. The minimum Gasteiger partial charge on any atom is -0.495 e. The molecule has 172 valence electrons. The molecule has 0 saturated carbocycles. The first kappa shape index (κ1) is 24.0. The summed E-state index contributed by atoms with van der Waals surface area (Å²) in [6, 6.07) is 16.7. The molecule has 1 amide bonds. The summed E-state index contributed by atoms with van der Waals surface area (Å²) in [5, 5.41) is 3.16. The second-order valence-corrected chi connectivity index (χ2v) is 7.54. The molecule has 3 aromatic carbocycles. The van der Waals surface area contributed by atoms with Gasteiger partial charge in [-0.05, 0) is 41.8 Å². The van der Waals surface area contributed by atoms with E-state index in [2.05, 4.69) is 5.32 Å². The molecule has 7 heteroatoms. The van der Waals surface area contributed by atoms with E-state index in [0.29, 0.717) is 40.3 Å². The van der Waals surface area contributed by atoms with E-state index < -0.39 is 0 Å². The Morgan fingerprint density at radius 2 is 1.64 bits per heavy atom. The van der Waals surface area contributed by atoms with Gasteiger partial charge >= 0.3 is 0 Å². The SMILES string of the molecule is COc1cc(NC(=O)C=Cc2ccc(OCc3ccccc3C)c(OC)c2)c(OC)cc1Cl. The van der Waals surface area contributed by atoms with Crippen LogP contribution in [0, 0.1) is 6.92 Å². The second kappa shape index (κ2) is 11.3. The van der Waals surface area contributed by atoms with E-state index in [1.54, 1.807) is 25.3 Å². The van der Waals surface area contributed by atoms with Crippen molar-refractivity contribution in [2.45, 2.75) is 13.5 Å². The van der Waals surface area contributed by atoms with Crippen LogP contribution in [0.5, 0.6) is 23.0 Å². The van der Waals surface area contributed by atoms with Gasteiger partial charge in [0, 0.05) is 18.2 Å². The van der Waals surface area contributed by atoms with Crippen molar-refractivity contribution < 1.29 is 23.7 Å².